The fraction of sp³-hybridized carbons (Fsp3) is 0.250. The molecule has 204 valence electrons. The Morgan fingerprint density at radius 2 is 1.73 bits per heavy atom. The van der Waals surface area contributed by atoms with Crippen LogP contribution < -0.4 is 9.64 Å². The van der Waals surface area contributed by atoms with Crippen molar-refractivity contribution < 1.29 is 17.9 Å². The largest absolute Gasteiger partial charge is 0.494 e. The van der Waals surface area contributed by atoms with Crippen LogP contribution in [0, 0.1) is 29.6 Å². The van der Waals surface area contributed by atoms with Gasteiger partial charge in [0.25, 0.3) is 5.91 Å². The summed E-state index contributed by atoms with van der Waals surface area (Å²) in [5, 5.41) is 18.3. The molecule has 2 heterocycles. The van der Waals surface area contributed by atoms with Gasteiger partial charge >= 0.3 is 0 Å². The molecule has 12 heteroatoms. The molecule has 0 spiro atoms. The quantitative estimate of drug-likeness (QED) is 0.252. The molecule has 1 amide bonds. The molecule has 0 unspecified atom stereocenters. The Morgan fingerprint density at radius 3 is 2.33 bits per heavy atom. The van der Waals surface area contributed by atoms with Gasteiger partial charge in [-0.2, -0.15) is 14.8 Å². The number of carbonyl (C=O) groups excluding carboxylic acids is 1. The molecule has 0 fully saturated rings. The fourth-order valence-corrected chi connectivity index (χ4v) is 6.53. The van der Waals surface area contributed by atoms with Gasteiger partial charge in [-0.3, -0.25) is 14.7 Å². The number of rotatable bonds is 11. The molecule has 0 bridgehead atoms. The van der Waals surface area contributed by atoms with E-state index < -0.39 is 10.0 Å². The number of hydrogen-bond acceptors (Lipinski definition) is 9. The van der Waals surface area contributed by atoms with Crippen molar-refractivity contribution in [2.24, 2.45) is 0 Å². The molecular formula is C28H26N6O4S2. The van der Waals surface area contributed by atoms with Gasteiger partial charge in [0.05, 0.1) is 41.1 Å². The number of nitriles is 2. The summed E-state index contributed by atoms with van der Waals surface area (Å²) in [4.78, 5) is 24.4. The van der Waals surface area contributed by atoms with E-state index in [1.165, 1.54) is 40.5 Å². The van der Waals surface area contributed by atoms with Crippen molar-refractivity contribution in [1.29, 1.82) is 10.5 Å². The van der Waals surface area contributed by atoms with Crippen LogP contribution in [0.2, 0.25) is 0 Å². The van der Waals surface area contributed by atoms with Gasteiger partial charge in [0.15, 0.2) is 5.13 Å². The molecule has 0 saturated carbocycles. The number of thiazole rings is 1. The maximum Gasteiger partial charge on any atom is 0.260 e. The first-order chi connectivity index (χ1) is 19.3. The van der Waals surface area contributed by atoms with E-state index in [0.29, 0.717) is 22.1 Å². The maximum atomic E-state index is 13.8. The highest BCUT2D eigenvalue weighted by atomic mass is 32.2. The zero-order chi connectivity index (χ0) is 28.7. The van der Waals surface area contributed by atoms with Crippen LogP contribution in [0.4, 0.5) is 5.13 Å². The van der Waals surface area contributed by atoms with Crippen LogP contribution in [0.25, 0.3) is 10.2 Å². The topological polar surface area (TPSA) is 140 Å². The monoisotopic (exact) mass is 574 g/mol. The van der Waals surface area contributed by atoms with Crippen LogP contribution in [0.3, 0.4) is 0 Å². The van der Waals surface area contributed by atoms with Gasteiger partial charge in [0, 0.05) is 37.7 Å². The Hall–Kier alpha value is -4.36. The number of aromatic nitrogens is 2. The van der Waals surface area contributed by atoms with E-state index in [1.54, 1.807) is 19.4 Å². The highest BCUT2D eigenvalue weighted by Crippen LogP contribution is 2.37. The zero-order valence-corrected chi connectivity index (χ0v) is 23.6. The molecule has 2 aromatic heterocycles. The van der Waals surface area contributed by atoms with E-state index in [0.717, 1.165) is 14.6 Å². The first kappa shape index (κ1) is 28.6. The lowest BCUT2D eigenvalue weighted by Gasteiger charge is -2.21. The molecule has 4 rings (SSSR count). The fourth-order valence-electron chi connectivity index (χ4n) is 4.03. The number of carbonyl (C=O) groups is 1. The first-order valence-electron chi connectivity index (χ1n) is 12.3. The molecule has 4 aromatic rings. The van der Waals surface area contributed by atoms with E-state index in [2.05, 4.69) is 4.98 Å². The molecule has 40 heavy (non-hydrogen) atoms. The molecule has 0 radical (unpaired) electrons. The Balaban J connectivity index is 1.70. The van der Waals surface area contributed by atoms with Gasteiger partial charge in [-0.25, -0.2) is 13.4 Å². The molecule has 0 saturated heterocycles. The third-order valence-electron chi connectivity index (χ3n) is 6.12. The third-order valence-corrected chi connectivity index (χ3v) is 9.25. The summed E-state index contributed by atoms with van der Waals surface area (Å²) in [7, 11) is -2.40. The van der Waals surface area contributed by atoms with Gasteiger partial charge in [0.1, 0.15) is 11.3 Å². The van der Waals surface area contributed by atoms with E-state index in [-0.39, 0.29) is 48.8 Å². The highest BCUT2D eigenvalue weighted by molar-refractivity contribution is 7.89. The number of pyridine rings is 1. The molecular weight excluding hydrogens is 548 g/mol. The van der Waals surface area contributed by atoms with Gasteiger partial charge < -0.3 is 4.74 Å². The zero-order valence-electron chi connectivity index (χ0n) is 21.9. The maximum absolute atomic E-state index is 13.8. The van der Waals surface area contributed by atoms with Gasteiger partial charge in [-0.05, 0) is 55.0 Å². The van der Waals surface area contributed by atoms with Crippen molar-refractivity contribution in [3.8, 4) is 17.9 Å². The van der Waals surface area contributed by atoms with Crippen molar-refractivity contribution in [2.75, 3.05) is 25.1 Å². The average molecular weight is 575 g/mol. The van der Waals surface area contributed by atoms with E-state index >= 15 is 0 Å². The molecule has 0 aliphatic carbocycles. The van der Waals surface area contributed by atoms with E-state index in [9.17, 15) is 13.2 Å². The predicted octanol–water partition coefficient (Wildman–Crippen LogP) is 4.67. The standard InChI is InChI=1S/C28H26N6O4S2/c1-20-8-13-24(38-2)25-26(20)39-28(32-25)34(19-22-7-3-4-16-31-22)27(35)21-9-11-23(12-10-21)40(36,37)33(17-5-14-29)18-6-15-30/h3-4,7-13,16H,5-6,17-19H2,1-2H3. The van der Waals surface area contributed by atoms with Crippen molar-refractivity contribution in [2.45, 2.75) is 31.2 Å². The summed E-state index contributed by atoms with van der Waals surface area (Å²) in [6.45, 7) is 2.06. The molecule has 2 aromatic carbocycles. The summed E-state index contributed by atoms with van der Waals surface area (Å²) in [6, 6.07) is 18.7. The first-order valence-corrected chi connectivity index (χ1v) is 14.6. The molecule has 0 aliphatic rings. The second-order valence-electron chi connectivity index (χ2n) is 8.72. The smallest absolute Gasteiger partial charge is 0.260 e. The number of amides is 1. The summed E-state index contributed by atoms with van der Waals surface area (Å²) >= 11 is 1.36. The van der Waals surface area contributed by atoms with Crippen LogP contribution >= 0.6 is 11.3 Å². The number of sulfonamides is 1. The van der Waals surface area contributed by atoms with E-state index in [1.807, 2.05) is 43.3 Å². The number of methoxy groups -OCH3 is 1. The molecule has 0 N–H and O–H groups in total. The van der Waals surface area contributed by atoms with Crippen molar-refractivity contribution in [3.63, 3.8) is 0 Å². The normalized spacial score (nSPS) is 11.2. The molecule has 0 atom stereocenters. The van der Waals surface area contributed by atoms with E-state index in [4.69, 9.17) is 20.2 Å². The minimum Gasteiger partial charge on any atom is -0.494 e. The van der Waals surface area contributed by atoms with Crippen LogP contribution in [0.5, 0.6) is 5.75 Å². The summed E-state index contributed by atoms with van der Waals surface area (Å²) in [5.41, 5.74) is 2.57. The lowest BCUT2D eigenvalue weighted by molar-refractivity contribution is 0.0984. The van der Waals surface area contributed by atoms with Gasteiger partial charge in [-0.15, -0.1) is 0 Å². The van der Waals surface area contributed by atoms with Crippen molar-refractivity contribution in [3.05, 3.63) is 77.6 Å². The average Bonchev–Trinajstić information content (AvgIpc) is 3.42. The number of nitrogens with zero attached hydrogens (tertiary/aromatic N) is 6. The van der Waals surface area contributed by atoms with Crippen molar-refractivity contribution in [1.82, 2.24) is 14.3 Å². The lowest BCUT2D eigenvalue weighted by Crippen LogP contribution is -2.33. The Labute approximate surface area is 236 Å². The summed E-state index contributed by atoms with van der Waals surface area (Å²) in [6.07, 6.45) is 1.64. The van der Waals surface area contributed by atoms with Crippen LogP contribution in [-0.2, 0) is 16.6 Å². The summed E-state index contributed by atoms with van der Waals surface area (Å²) < 4.78 is 33.9. The molecule has 10 nitrogen and oxygen atoms in total. The highest BCUT2D eigenvalue weighted by Gasteiger charge is 2.27. The number of hydrogen-bond donors (Lipinski definition) is 0. The predicted molar refractivity (Wildman–Crippen MR) is 151 cm³/mol. The molecule has 0 aliphatic heterocycles. The number of fused-ring (bicyclic) bond motifs is 1. The van der Waals surface area contributed by atoms with Gasteiger partial charge in [-0.1, -0.05) is 23.5 Å². The summed E-state index contributed by atoms with van der Waals surface area (Å²) in [5.74, 6) is 0.219. The SMILES string of the molecule is COc1ccc(C)c2sc(N(Cc3ccccn3)C(=O)c3ccc(S(=O)(=O)N(CCC#N)CCC#N)cc3)nc12. The second-order valence-corrected chi connectivity index (χ2v) is 11.6. The number of benzene rings is 2. The number of anilines is 1. The van der Waals surface area contributed by atoms with Crippen LogP contribution in [-0.4, -0.2) is 48.8 Å². The van der Waals surface area contributed by atoms with Crippen LogP contribution in [0.1, 0.15) is 34.5 Å². The Morgan fingerprint density at radius 1 is 1.02 bits per heavy atom. The Bertz CT molecular complexity index is 1670. The van der Waals surface area contributed by atoms with Crippen molar-refractivity contribution >= 4 is 42.6 Å². The lowest BCUT2D eigenvalue weighted by atomic mass is 10.2. The second kappa shape index (κ2) is 12.7. The number of ether oxygens (including phenoxy) is 1. The minimum atomic E-state index is -3.97. The third kappa shape index (κ3) is 6.10. The number of aryl methyl sites for hydroxylation is 1. The Kier molecular flexibility index (Phi) is 9.07. The minimum absolute atomic E-state index is 0.00383. The van der Waals surface area contributed by atoms with Crippen LogP contribution in [0.15, 0.2) is 65.7 Å². The van der Waals surface area contributed by atoms with Gasteiger partial charge in [0.2, 0.25) is 10.0 Å².